The molecule has 0 aliphatic heterocycles. The third-order valence-electron chi connectivity index (χ3n) is 4.67. The summed E-state index contributed by atoms with van der Waals surface area (Å²) in [7, 11) is 0. The lowest BCUT2D eigenvalue weighted by Crippen LogP contribution is -2.33. The second kappa shape index (κ2) is 6.92. The topological polar surface area (TPSA) is 55.1 Å². The Morgan fingerprint density at radius 2 is 1.95 bits per heavy atom. The summed E-state index contributed by atoms with van der Waals surface area (Å²) < 4.78 is 27.3. The molecule has 22 heavy (non-hydrogen) atoms. The Morgan fingerprint density at radius 1 is 1.27 bits per heavy atom. The summed E-state index contributed by atoms with van der Waals surface area (Å²) >= 11 is 0. The van der Waals surface area contributed by atoms with Gasteiger partial charge in [-0.05, 0) is 37.3 Å². The van der Waals surface area contributed by atoms with E-state index in [1.165, 1.54) is 18.2 Å². The van der Waals surface area contributed by atoms with Crippen LogP contribution in [0.4, 0.5) is 8.78 Å². The first-order valence-electron chi connectivity index (χ1n) is 7.55. The highest BCUT2D eigenvalue weighted by Crippen LogP contribution is 2.43. The molecule has 0 bridgehead atoms. The summed E-state index contributed by atoms with van der Waals surface area (Å²) in [6.07, 6.45) is 4.06. The summed E-state index contributed by atoms with van der Waals surface area (Å²) in [4.78, 5) is 12.0. The fourth-order valence-corrected chi connectivity index (χ4v) is 3.36. The van der Waals surface area contributed by atoms with Crippen LogP contribution in [0.2, 0.25) is 0 Å². The van der Waals surface area contributed by atoms with Gasteiger partial charge in [-0.2, -0.15) is 0 Å². The molecule has 0 saturated heterocycles. The molecule has 0 heterocycles. The van der Waals surface area contributed by atoms with Crippen molar-refractivity contribution in [3.63, 3.8) is 0 Å². The van der Waals surface area contributed by atoms with Gasteiger partial charge in [0.15, 0.2) is 0 Å². The first-order valence-corrected chi connectivity index (χ1v) is 7.55. The smallest absolute Gasteiger partial charge is 0.220 e. The lowest BCUT2D eigenvalue weighted by atomic mass is 10.00. The molecule has 2 unspecified atom stereocenters. The van der Waals surface area contributed by atoms with E-state index >= 15 is 0 Å². The number of nitrogens with one attached hydrogen (secondary N) is 1. The van der Waals surface area contributed by atoms with Crippen LogP contribution in [-0.4, -0.2) is 18.0 Å². The number of amides is 1. The maximum Gasteiger partial charge on any atom is 0.220 e. The van der Waals surface area contributed by atoms with Gasteiger partial charge in [-0.3, -0.25) is 4.79 Å². The maximum absolute atomic E-state index is 13.7. The van der Waals surface area contributed by atoms with Crippen LogP contribution in [0.25, 0.3) is 0 Å². The zero-order valence-electron chi connectivity index (χ0n) is 12.2. The number of carbonyl (C=O) groups excluding carboxylic acids is 1. The van der Waals surface area contributed by atoms with Crippen LogP contribution < -0.4 is 11.1 Å². The van der Waals surface area contributed by atoms with E-state index in [4.69, 9.17) is 5.73 Å². The van der Waals surface area contributed by atoms with Crippen LogP contribution in [0.5, 0.6) is 0 Å². The summed E-state index contributed by atoms with van der Waals surface area (Å²) in [6.45, 7) is 0. The standard InChI is InChI=1S/C16H20F2N2O.ClH/c17-11-4-2-5-12(18)16(11)10-8-14(10)20-15(21)7-9-3-1-6-13(9)19;/h2,4-5,9-10,13-14H,1,3,6-8,19H2,(H,20,21);1H/t9-,10?,13+,14?;/m0./s1. The molecule has 1 aromatic rings. The van der Waals surface area contributed by atoms with Gasteiger partial charge in [-0.25, -0.2) is 8.78 Å². The SMILES string of the molecule is Cl.N[C@@H]1CCC[C@H]1CC(=O)NC1CC1c1c(F)cccc1F. The van der Waals surface area contributed by atoms with Crippen molar-refractivity contribution in [3.8, 4) is 0 Å². The molecule has 2 fully saturated rings. The zero-order valence-corrected chi connectivity index (χ0v) is 13.0. The average molecular weight is 331 g/mol. The van der Waals surface area contributed by atoms with Crippen LogP contribution in [0.15, 0.2) is 18.2 Å². The van der Waals surface area contributed by atoms with Gasteiger partial charge in [0, 0.05) is 30.0 Å². The highest BCUT2D eigenvalue weighted by Gasteiger charge is 2.43. The third kappa shape index (κ3) is 3.58. The van der Waals surface area contributed by atoms with Crippen molar-refractivity contribution >= 4 is 18.3 Å². The number of benzene rings is 1. The van der Waals surface area contributed by atoms with E-state index in [2.05, 4.69) is 5.32 Å². The van der Waals surface area contributed by atoms with Crippen molar-refractivity contribution in [2.24, 2.45) is 11.7 Å². The van der Waals surface area contributed by atoms with Crippen LogP contribution in [0.3, 0.4) is 0 Å². The minimum absolute atomic E-state index is 0. The summed E-state index contributed by atoms with van der Waals surface area (Å²) in [5, 5.41) is 2.88. The van der Waals surface area contributed by atoms with Gasteiger partial charge >= 0.3 is 0 Å². The van der Waals surface area contributed by atoms with Crippen molar-refractivity contribution in [1.82, 2.24) is 5.32 Å². The Balaban J connectivity index is 0.00000176. The Morgan fingerprint density at radius 3 is 2.55 bits per heavy atom. The van der Waals surface area contributed by atoms with Gasteiger partial charge in [0.25, 0.3) is 0 Å². The van der Waals surface area contributed by atoms with E-state index < -0.39 is 11.6 Å². The molecule has 2 aliphatic rings. The molecule has 122 valence electrons. The fraction of sp³-hybridized carbons (Fsp3) is 0.562. The molecule has 4 atom stereocenters. The van der Waals surface area contributed by atoms with Crippen molar-refractivity contribution in [2.75, 3.05) is 0 Å². The van der Waals surface area contributed by atoms with Gasteiger partial charge in [-0.15, -0.1) is 12.4 Å². The number of hydrogen-bond donors (Lipinski definition) is 2. The van der Waals surface area contributed by atoms with E-state index in [0.717, 1.165) is 19.3 Å². The predicted molar refractivity (Wildman–Crippen MR) is 82.8 cm³/mol. The van der Waals surface area contributed by atoms with Crippen molar-refractivity contribution < 1.29 is 13.6 Å². The molecule has 1 aromatic carbocycles. The molecule has 1 amide bonds. The Labute approximate surface area is 135 Å². The van der Waals surface area contributed by atoms with Crippen molar-refractivity contribution in [3.05, 3.63) is 35.4 Å². The molecule has 0 aromatic heterocycles. The molecule has 3 rings (SSSR count). The lowest BCUT2D eigenvalue weighted by Gasteiger charge is -2.14. The molecular formula is C16H21ClF2N2O. The van der Waals surface area contributed by atoms with Crippen LogP contribution >= 0.6 is 12.4 Å². The lowest BCUT2D eigenvalue weighted by molar-refractivity contribution is -0.122. The first-order chi connectivity index (χ1) is 10.1. The fourth-order valence-electron chi connectivity index (χ4n) is 3.36. The highest BCUT2D eigenvalue weighted by molar-refractivity contribution is 5.85. The van der Waals surface area contributed by atoms with Crippen LogP contribution in [-0.2, 0) is 4.79 Å². The molecule has 2 aliphatic carbocycles. The molecule has 3 nitrogen and oxygen atoms in total. The third-order valence-corrected chi connectivity index (χ3v) is 4.67. The number of halogens is 3. The van der Waals surface area contributed by atoms with E-state index in [1.54, 1.807) is 0 Å². The summed E-state index contributed by atoms with van der Waals surface area (Å²) in [5.41, 5.74) is 6.05. The summed E-state index contributed by atoms with van der Waals surface area (Å²) in [5.74, 6) is -1.12. The minimum Gasteiger partial charge on any atom is -0.353 e. The van der Waals surface area contributed by atoms with Crippen LogP contribution in [0, 0.1) is 17.6 Å². The van der Waals surface area contributed by atoms with Gasteiger partial charge in [0.2, 0.25) is 5.91 Å². The highest BCUT2D eigenvalue weighted by atomic mass is 35.5. The quantitative estimate of drug-likeness (QED) is 0.892. The number of rotatable bonds is 4. The number of nitrogens with two attached hydrogens (primary N) is 1. The van der Waals surface area contributed by atoms with Gasteiger partial charge in [-0.1, -0.05) is 12.5 Å². The molecule has 2 saturated carbocycles. The molecular weight excluding hydrogens is 310 g/mol. The van der Waals surface area contributed by atoms with Gasteiger partial charge in [0.1, 0.15) is 11.6 Å². The maximum atomic E-state index is 13.7. The first kappa shape index (κ1) is 17.2. The minimum atomic E-state index is -0.533. The monoisotopic (exact) mass is 330 g/mol. The largest absolute Gasteiger partial charge is 0.353 e. The molecule has 6 heteroatoms. The zero-order chi connectivity index (χ0) is 15.0. The molecule has 0 spiro atoms. The molecule has 3 N–H and O–H groups in total. The second-order valence-corrected chi connectivity index (χ2v) is 6.21. The van der Waals surface area contributed by atoms with E-state index in [9.17, 15) is 13.6 Å². The van der Waals surface area contributed by atoms with Gasteiger partial charge < -0.3 is 11.1 Å². The Hall–Kier alpha value is -1.20. The summed E-state index contributed by atoms with van der Waals surface area (Å²) in [6, 6.07) is 3.82. The number of hydrogen-bond acceptors (Lipinski definition) is 2. The van der Waals surface area contributed by atoms with E-state index in [-0.39, 0.29) is 47.8 Å². The van der Waals surface area contributed by atoms with Crippen molar-refractivity contribution in [1.29, 1.82) is 0 Å². The van der Waals surface area contributed by atoms with E-state index in [0.29, 0.717) is 12.8 Å². The average Bonchev–Trinajstić information content (AvgIpc) is 3.03. The van der Waals surface area contributed by atoms with Crippen molar-refractivity contribution in [2.45, 2.75) is 50.1 Å². The number of carbonyl (C=O) groups is 1. The Kier molecular flexibility index (Phi) is 5.40. The Bertz CT molecular complexity index is 535. The predicted octanol–water partition coefficient (Wildman–Crippen LogP) is 2.88. The van der Waals surface area contributed by atoms with Gasteiger partial charge in [0.05, 0.1) is 0 Å². The molecule has 0 radical (unpaired) electrons. The van der Waals surface area contributed by atoms with Crippen LogP contribution in [0.1, 0.15) is 43.6 Å². The van der Waals surface area contributed by atoms with E-state index in [1.807, 2.05) is 0 Å². The second-order valence-electron chi connectivity index (χ2n) is 6.21. The normalized spacial score (nSPS) is 29.8.